The molecule has 3 nitrogen and oxygen atoms in total. The van der Waals surface area contributed by atoms with Gasteiger partial charge in [-0.25, -0.2) is 0 Å². The molecule has 0 aromatic rings. The van der Waals surface area contributed by atoms with E-state index in [1.54, 1.807) is 7.05 Å². The fraction of sp³-hybridized carbons (Fsp3) is 0.750. The van der Waals surface area contributed by atoms with Gasteiger partial charge in [0.05, 0.1) is 0 Å². The maximum absolute atomic E-state index is 10.1. The van der Waals surface area contributed by atoms with Crippen LogP contribution in [0.25, 0.3) is 0 Å². The Hall–Kier alpha value is 0.299. The molecule has 0 aromatic carbocycles. The van der Waals surface area contributed by atoms with Gasteiger partial charge in [-0.3, -0.25) is 4.79 Å². The predicted octanol–water partition coefficient (Wildman–Crippen LogP) is -0.792. The van der Waals surface area contributed by atoms with Gasteiger partial charge in [0.2, 0.25) is 0 Å². The molecular formula is C4H9NO2SSe. The Morgan fingerprint density at radius 1 is 1.89 bits per heavy atom. The molecule has 2 radical (unpaired) electrons. The van der Waals surface area contributed by atoms with Gasteiger partial charge in [0, 0.05) is 22.8 Å². The third-order valence-corrected chi connectivity index (χ3v) is 1.19. The Morgan fingerprint density at radius 3 is 2.33 bits per heavy atom. The van der Waals surface area contributed by atoms with Gasteiger partial charge in [-0.05, 0) is 7.05 Å². The molecule has 0 unspecified atom stereocenters. The average molecular weight is 214 g/mol. The molecule has 0 saturated heterocycles. The van der Waals surface area contributed by atoms with E-state index in [-0.39, 0.29) is 17.1 Å². The van der Waals surface area contributed by atoms with Crippen LogP contribution in [0.3, 0.4) is 0 Å². The Balaban J connectivity index is 0. The standard InChI is InChI=1S/C4H9NO2S.Se/c1-5-3(2-8)4(6)7;/h3,5,8H,2H2,1H3,(H,6,7);/t3-;/m0./s1. The minimum Gasteiger partial charge on any atom is -0.480 e. The third-order valence-electron chi connectivity index (χ3n) is 0.829. The van der Waals surface area contributed by atoms with E-state index in [0.29, 0.717) is 5.75 Å². The third kappa shape index (κ3) is 4.78. The van der Waals surface area contributed by atoms with Gasteiger partial charge < -0.3 is 10.4 Å². The quantitative estimate of drug-likeness (QED) is 0.426. The Morgan fingerprint density at radius 2 is 2.33 bits per heavy atom. The van der Waals surface area contributed by atoms with E-state index in [9.17, 15) is 4.79 Å². The Kier molecular flexibility index (Phi) is 8.58. The molecule has 0 rings (SSSR count). The van der Waals surface area contributed by atoms with Crippen LogP contribution in [0.1, 0.15) is 0 Å². The van der Waals surface area contributed by atoms with Crippen LogP contribution in [-0.4, -0.2) is 47.0 Å². The van der Waals surface area contributed by atoms with Crippen LogP contribution in [0.5, 0.6) is 0 Å². The topological polar surface area (TPSA) is 49.3 Å². The van der Waals surface area contributed by atoms with E-state index < -0.39 is 12.0 Å². The number of likely N-dealkylation sites (N-methyl/N-ethyl adjacent to an activating group) is 1. The van der Waals surface area contributed by atoms with Gasteiger partial charge >= 0.3 is 5.97 Å². The van der Waals surface area contributed by atoms with Crippen LogP contribution in [0, 0.1) is 0 Å². The molecule has 2 N–H and O–H groups in total. The first-order valence-corrected chi connectivity index (χ1v) is 2.86. The van der Waals surface area contributed by atoms with E-state index in [4.69, 9.17) is 5.11 Å². The number of hydrogen-bond donors (Lipinski definition) is 3. The number of aliphatic carboxylic acids is 1. The molecule has 0 aromatic heterocycles. The summed E-state index contributed by atoms with van der Waals surface area (Å²) in [5, 5.41) is 10.8. The normalized spacial score (nSPS) is 11.8. The van der Waals surface area contributed by atoms with Crippen LogP contribution in [0.4, 0.5) is 0 Å². The summed E-state index contributed by atoms with van der Waals surface area (Å²) >= 11 is 3.79. The minimum absolute atomic E-state index is 0. The van der Waals surface area contributed by atoms with Crippen molar-refractivity contribution >= 4 is 35.7 Å². The molecular weight excluding hydrogens is 205 g/mol. The van der Waals surface area contributed by atoms with Gasteiger partial charge in [-0.2, -0.15) is 12.6 Å². The molecule has 0 saturated carbocycles. The molecule has 0 aliphatic heterocycles. The fourth-order valence-electron chi connectivity index (χ4n) is 0.293. The Bertz CT molecular complexity index is 86.6. The number of carboxylic acids is 1. The monoisotopic (exact) mass is 215 g/mol. The van der Waals surface area contributed by atoms with Gasteiger partial charge in [-0.15, -0.1) is 0 Å². The molecule has 0 fully saturated rings. The van der Waals surface area contributed by atoms with E-state index >= 15 is 0 Å². The Labute approximate surface area is 70.1 Å². The number of carboxylic acid groups (broad SMARTS) is 1. The average Bonchev–Trinajstić information content (AvgIpc) is 1.69. The van der Waals surface area contributed by atoms with Crippen molar-refractivity contribution in [1.29, 1.82) is 0 Å². The van der Waals surface area contributed by atoms with Crippen LogP contribution in [0.2, 0.25) is 0 Å². The van der Waals surface area contributed by atoms with E-state index in [1.807, 2.05) is 0 Å². The zero-order valence-corrected chi connectivity index (χ0v) is 7.60. The first-order valence-electron chi connectivity index (χ1n) is 2.23. The summed E-state index contributed by atoms with van der Waals surface area (Å²) in [6.45, 7) is 0. The van der Waals surface area contributed by atoms with Crippen molar-refractivity contribution in [2.45, 2.75) is 6.04 Å². The molecule has 0 aliphatic carbocycles. The number of nitrogens with one attached hydrogen (secondary N) is 1. The van der Waals surface area contributed by atoms with Crippen LogP contribution < -0.4 is 5.32 Å². The number of thiol groups is 1. The molecule has 0 aliphatic rings. The van der Waals surface area contributed by atoms with Crippen LogP contribution in [0.15, 0.2) is 0 Å². The van der Waals surface area contributed by atoms with Gasteiger partial charge in [0.1, 0.15) is 6.04 Å². The zero-order valence-electron chi connectivity index (χ0n) is 5.00. The van der Waals surface area contributed by atoms with Crippen molar-refractivity contribution in [3.05, 3.63) is 0 Å². The van der Waals surface area contributed by atoms with Crippen molar-refractivity contribution in [2.75, 3.05) is 12.8 Å². The summed E-state index contributed by atoms with van der Waals surface area (Å²) in [5.74, 6) is -0.534. The van der Waals surface area contributed by atoms with Crippen molar-refractivity contribution in [3.8, 4) is 0 Å². The second kappa shape index (κ2) is 6.42. The summed E-state index contributed by atoms with van der Waals surface area (Å²) in [7, 11) is 1.59. The predicted molar refractivity (Wildman–Crippen MR) is 40.1 cm³/mol. The first kappa shape index (κ1) is 12.0. The molecule has 0 spiro atoms. The molecule has 5 heteroatoms. The molecule has 9 heavy (non-hydrogen) atoms. The minimum atomic E-state index is -0.859. The number of hydrogen-bond acceptors (Lipinski definition) is 3. The SMILES string of the molecule is CN[C@@H](CS)C(=O)O.[Se]. The fourth-order valence-corrected chi connectivity index (χ4v) is 0.632. The second-order valence-corrected chi connectivity index (χ2v) is 1.73. The van der Waals surface area contributed by atoms with Crippen molar-refractivity contribution in [3.63, 3.8) is 0 Å². The van der Waals surface area contributed by atoms with Crippen molar-refractivity contribution < 1.29 is 9.90 Å². The van der Waals surface area contributed by atoms with Gasteiger partial charge in [-0.1, -0.05) is 0 Å². The van der Waals surface area contributed by atoms with Gasteiger partial charge in [0.25, 0.3) is 0 Å². The zero-order chi connectivity index (χ0) is 6.57. The maximum atomic E-state index is 10.1. The first-order chi connectivity index (χ1) is 3.72. The summed E-state index contributed by atoms with van der Waals surface area (Å²) < 4.78 is 0. The smallest absolute Gasteiger partial charge is 0.321 e. The molecule has 54 valence electrons. The van der Waals surface area contributed by atoms with Crippen molar-refractivity contribution in [2.24, 2.45) is 0 Å². The van der Waals surface area contributed by atoms with E-state index in [1.165, 1.54) is 0 Å². The summed E-state index contributed by atoms with van der Waals surface area (Å²) in [5.41, 5.74) is 0. The van der Waals surface area contributed by atoms with E-state index in [2.05, 4.69) is 17.9 Å². The van der Waals surface area contributed by atoms with Gasteiger partial charge in [0.15, 0.2) is 0 Å². The molecule has 0 heterocycles. The van der Waals surface area contributed by atoms with E-state index in [0.717, 1.165) is 0 Å². The van der Waals surface area contributed by atoms with Crippen molar-refractivity contribution in [1.82, 2.24) is 5.32 Å². The molecule has 1 atom stereocenters. The van der Waals surface area contributed by atoms with Crippen LogP contribution >= 0.6 is 12.6 Å². The van der Waals surface area contributed by atoms with Crippen LogP contribution in [-0.2, 0) is 4.79 Å². The summed E-state index contributed by atoms with van der Waals surface area (Å²) in [6, 6.07) is -0.515. The maximum Gasteiger partial charge on any atom is 0.321 e. The summed E-state index contributed by atoms with van der Waals surface area (Å²) in [6.07, 6.45) is 0. The second-order valence-electron chi connectivity index (χ2n) is 1.36. The largest absolute Gasteiger partial charge is 0.480 e. The number of rotatable bonds is 3. The number of carbonyl (C=O) groups is 1. The summed E-state index contributed by atoms with van der Waals surface area (Å²) in [4.78, 5) is 10.1. The molecule has 0 amide bonds. The molecule has 0 bridgehead atoms.